The maximum Gasteiger partial charge on any atom is 0.294 e. The maximum absolute atomic E-state index is 13.6. The molecule has 38 heavy (non-hydrogen) atoms. The fourth-order valence-electron chi connectivity index (χ4n) is 5.15. The van der Waals surface area contributed by atoms with Crippen LogP contribution in [0.3, 0.4) is 0 Å². The van der Waals surface area contributed by atoms with E-state index in [1.165, 1.54) is 12.1 Å². The number of carbonyl (C=O) groups is 3. The van der Waals surface area contributed by atoms with Crippen LogP contribution in [0.5, 0.6) is 0 Å². The van der Waals surface area contributed by atoms with E-state index in [1.807, 2.05) is 19.1 Å². The third kappa shape index (κ3) is 5.16. The molecule has 2 amide bonds. The number of hydrogen-bond acceptors (Lipinski definition) is 6. The maximum atomic E-state index is 13.6. The monoisotopic (exact) mass is 520 g/mol. The molecule has 1 aliphatic heterocycles. The number of Topliss-reactive ketones (excluding diaryl/α,β-unsaturated/α-hetero) is 1. The smallest absolute Gasteiger partial charge is 0.294 e. The first kappa shape index (κ1) is 27.0. The lowest BCUT2D eigenvalue weighted by Crippen LogP contribution is -2.56. The van der Waals surface area contributed by atoms with Crippen LogP contribution in [0.2, 0.25) is 0 Å². The summed E-state index contributed by atoms with van der Waals surface area (Å²) in [6.45, 7) is 8.35. The minimum atomic E-state index is -0.690. The van der Waals surface area contributed by atoms with E-state index >= 15 is 0 Å². The molecule has 1 saturated heterocycles. The van der Waals surface area contributed by atoms with Crippen LogP contribution in [0.15, 0.2) is 36.5 Å². The molecule has 0 radical (unpaired) electrons. The van der Waals surface area contributed by atoms with Crippen LogP contribution in [0.1, 0.15) is 63.9 Å². The molecule has 2 N–H and O–H groups in total. The topological polar surface area (TPSA) is 109 Å². The molecule has 1 fully saturated rings. The zero-order valence-corrected chi connectivity index (χ0v) is 22.4. The van der Waals surface area contributed by atoms with E-state index in [4.69, 9.17) is 0 Å². The number of ketones is 1. The normalized spacial score (nSPS) is 14.7. The van der Waals surface area contributed by atoms with Gasteiger partial charge >= 0.3 is 0 Å². The van der Waals surface area contributed by atoms with Gasteiger partial charge in [0, 0.05) is 43.3 Å². The van der Waals surface area contributed by atoms with Gasteiger partial charge in [-0.1, -0.05) is 6.92 Å². The highest BCUT2D eigenvalue weighted by Crippen LogP contribution is 2.29. The van der Waals surface area contributed by atoms with Gasteiger partial charge in [-0.3, -0.25) is 14.4 Å². The van der Waals surface area contributed by atoms with Gasteiger partial charge in [-0.2, -0.15) is 5.10 Å². The van der Waals surface area contributed by atoms with Gasteiger partial charge in [-0.15, -0.1) is 5.10 Å². The minimum absolute atomic E-state index is 0.170. The van der Waals surface area contributed by atoms with Gasteiger partial charge in [0.15, 0.2) is 5.82 Å². The Hall–Kier alpha value is -4.08. The molecule has 0 aliphatic carbocycles. The van der Waals surface area contributed by atoms with E-state index in [-0.39, 0.29) is 11.5 Å². The Balaban J connectivity index is 1.50. The molecule has 0 unspecified atom stereocenters. The lowest BCUT2D eigenvalue weighted by atomic mass is 9.84. The second kappa shape index (κ2) is 10.7. The first-order chi connectivity index (χ1) is 18.1. The molecule has 0 spiro atoms. The number of aryl methyl sites for hydroxylation is 1. The van der Waals surface area contributed by atoms with E-state index in [0.29, 0.717) is 60.4 Å². The average Bonchev–Trinajstić information content (AvgIpc) is 3.14. The Morgan fingerprint density at radius 1 is 1.11 bits per heavy atom. The standard InChI is InChI=1S/C28H33FN6O3/c1-6-28(11-14-35(15-12-28)22-8-7-13-30-33-22)32-27(38)25(36)24-18(3)23(19(4)34(24)5)26(37)31-20-9-10-21(29)17(2)16-20/h7-10,13,16H,6,11-12,14-15H2,1-5H3,(H,31,37)(H,32,38). The molecule has 0 atom stereocenters. The van der Waals surface area contributed by atoms with Crippen LogP contribution in [0, 0.1) is 26.6 Å². The van der Waals surface area contributed by atoms with Crippen molar-refractivity contribution in [2.24, 2.45) is 7.05 Å². The fourth-order valence-corrected chi connectivity index (χ4v) is 5.15. The Labute approximate surface area is 221 Å². The highest BCUT2D eigenvalue weighted by atomic mass is 19.1. The molecule has 4 rings (SSSR count). The number of nitrogens with zero attached hydrogens (tertiary/aromatic N) is 4. The van der Waals surface area contributed by atoms with E-state index in [9.17, 15) is 18.8 Å². The van der Waals surface area contributed by atoms with Crippen LogP contribution >= 0.6 is 0 Å². The highest BCUT2D eigenvalue weighted by Gasteiger charge is 2.38. The predicted octanol–water partition coefficient (Wildman–Crippen LogP) is 3.88. The van der Waals surface area contributed by atoms with Crippen molar-refractivity contribution >= 4 is 29.1 Å². The second-order valence-electron chi connectivity index (χ2n) is 9.90. The van der Waals surface area contributed by atoms with Crippen molar-refractivity contribution in [2.45, 2.75) is 52.5 Å². The molecule has 1 aromatic carbocycles. The molecular weight excluding hydrogens is 487 g/mol. The highest BCUT2D eigenvalue weighted by molar-refractivity contribution is 6.43. The molecule has 3 aromatic rings. The fraction of sp³-hybridized carbons (Fsp3) is 0.393. The Morgan fingerprint density at radius 2 is 1.82 bits per heavy atom. The second-order valence-corrected chi connectivity index (χ2v) is 9.90. The molecule has 9 nitrogen and oxygen atoms in total. The molecule has 0 bridgehead atoms. The van der Waals surface area contributed by atoms with Gasteiger partial charge in [0.25, 0.3) is 17.6 Å². The third-order valence-electron chi connectivity index (χ3n) is 7.65. The summed E-state index contributed by atoms with van der Waals surface area (Å²) in [5, 5.41) is 13.9. The van der Waals surface area contributed by atoms with Gasteiger partial charge in [0.05, 0.1) is 11.3 Å². The summed E-state index contributed by atoms with van der Waals surface area (Å²) in [5.41, 5.74) is 1.79. The summed E-state index contributed by atoms with van der Waals surface area (Å²) in [5.74, 6) is -1.38. The number of nitrogens with one attached hydrogen (secondary N) is 2. The van der Waals surface area contributed by atoms with Gasteiger partial charge in [0.1, 0.15) is 5.82 Å². The van der Waals surface area contributed by atoms with E-state index in [2.05, 4.69) is 25.7 Å². The van der Waals surface area contributed by atoms with Gasteiger partial charge < -0.3 is 20.1 Å². The summed E-state index contributed by atoms with van der Waals surface area (Å²) in [4.78, 5) is 41.9. The number of anilines is 2. The van der Waals surface area contributed by atoms with Crippen molar-refractivity contribution in [1.82, 2.24) is 20.1 Å². The number of halogens is 1. The number of amides is 2. The SMILES string of the molecule is CCC1(NC(=O)C(=O)c2c(C)c(C(=O)Nc3ccc(F)c(C)c3)c(C)n2C)CCN(c2cccnn2)CC1. The molecular formula is C28H33FN6O3. The summed E-state index contributed by atoms with van der Waals surface area (Å²) >= 11 is 0. The van der Waals surface area contributed by atoms with Crippen LogP contribution in [0.4, 0.5) is 15.9 Å². The molecule has 10 heteroatoms. The molecule has 0 saturated carbocycles. The number of carbonyl (C=O) groups excluding carboxylic acids is 3. The number of piperidine rings is 1. The lowest BCUT2D eigenvalue weighted by molar-refractivity contribution is -0.119. The van der Waals surface area contributed by atoms with Gasteiger partial charge in [0.2, 0.25) is 0 Å². The largest absolute Gasteiger partial charge is 0.355 e. The molecule has 1 aliphatic rings. The molecule has 2 aromatic heterocycles. The van der Waals surface area contributed by atoms with E-state index in [0.717, 1.165) is 5.82 Å². The first-order valence-electron chi connectivity index (χ1n) is 12.7. The van der Waals surface area contributed by atoms with E-state index < -0.39 is 23.1 Å². The summed E-state index contributed by atoms with van der Waals surface area (Å²) in [7, 11) is 1.66. The third-order valence-corrected chi connectivity index (χ3v) is 7.65. The number of benzene rings is 1. The average molecular weight is 521 g/mol. The van der Waals surface area contributed by atoms with E-state index in [1.54, 1.807) is 44.6 Å². The lowest BCUT2D eigenvalue weighted by Gasteiger charge is -2.42. The number of rotatable bonds is 7. The molecule has 200 valence electrons. The number of aromatic nitrogens is 3. The van der Waals surface area contributed by atoms with Crippen molar-refractivity contribution in [3.05, 3.63) is 70.4 Å². The van der Waals surface area contributed by atoms with Gasteiger partial charge in [-0.25, -0.2) is 4.39 Å². The Kier molecular flexibility index (Phi) is 7.61. The van der Waals surface area contributed by atoms with Crippen LogP contribution in [-0.2, 0) is 11.8 Å². The van der Waals surface area contributed by atoms with Crippen LogP contribution < -0.4 is 15.5 Å². The zero-order valence-electron chi connectivity index (χ0n) is 22.4. The summed E-state index contributed by atoms with van der Waals surface area (Å²) < 4.78 is 15.2. The first-order valence-corrected chi connectivity index (χ1v) is 12.7. The Morgan fingerprint density at radius 3 is 2.42 bits per heavy atom. The predicted molar refractivity (Wildman–Crippen MR) is 143 cm³/mol. The Bertz CT molecular complexity index is 1380. The van der Waals surface area contributed by atoms with Crippen LogP contribution in [-0.4, -0.2) is 51.0 Å². The summed E-state index contributed by atoms with van der Waals surface area (Å²) in [6.07, 6.45) is 3.63. The van der Waals surface area contributed by atoms with Gasteiger partial charge in [-0.05, 0) is 81.5 Å². The van der Waals surface area contributed by atoms with Crippen LogP contribution in [0.25, 0.3) is 0 Å². The van der Waals surface area contributed by atoms with Crippen molar-refractivity contribution in [1.29, 1.82) is 0 Å². The molecule has 3 heterocycles. The van der Waals surface area contributed by atoms with Crippen molar-refractivity contribution in [2.75, 3.05) is 23.3 Å². The quantitative estimate of drug-likeness (QED) is 0.362. The van der Waals surface area contributed by atoms with Crippen molar-refractivity contribution < 1.29 is 18.8 Å². The zero-order chi connectivity index (χ0) is 27.6. The number of hydrogen-bond donors (Lipinski definition) is 2. The summed E-state index contributed by atoms with van der Waals surface area (Å²) in [6, 6.07) is 8.05. The van der Waals surface area contributed by atoms with Crippen molar-refractivity contribution in [3.8, 4) is 0 Å². The van der Waals surface area contributed by atoms with Crippen molar-refractivity contribution in [3.63, 3.8) is 0 Å². The minimum Gasteiger partial charge on any atom is -0.355 e.